The Morgan fingerprint density at radius 2 is 1.88 bits per heavy atom. The first-order valence-electron chi connectivity index (χ1n) is 5.67. The molecule has 0 radical (unpaired) electrons. The fourth-order valence-electron chi connectivity index (χ4n) is 2.51. The number of benzene rings is 1. The summed E-state index contributed by atoms with van der Waals surface area (Å²) in [6, 6.07) is 10.5. The summed E-state index contributed by atoms with van der Waals surface area (Å²) in [6.07, 6.45) is 2.43. The summed E-state index contributed by atoms with van der Waals surface area (Å²) >= 11 is 0. The van der Waals surface area contributed by atoms with Crippen LogP contribution in [0.3, 0.4) is 0 Å². The zero-order valence-electron chi connectivity index (χ0n) is 9.49. The van der Waals surface area contributed by atoms with Gasteiger partial charge in [0.25, 0.3) is 0 Å². The Morgan fingerprint density at radius 3 is 2.44 bits per heavy atom. The number of aryl methyl sites for hydroxylation is 1. The highest BCUT2D eigenvalue weighted by molar-refractivity contribution is 5.80. The van der Waals surface area contributed by atoms with Crippen LogP contribution in [0.1, 0.15) is 36.8 Å². The summed E-state index contributed by atoms with van der Waals surface area (Å²) in [6.45, 7) is 2.03. The number of nitrogens with zero attached hydrogens (tertiary/aromatic N) is 1. The molecule has 0 aromatic heterocycles. The van der Waals surface area contributed by atoms with Crippen LogP contribution in [0.5, 0.6) is 0 Å². The number of hydrogen-bond donors (Lipinski definition) is 0. The third-order valence-electron chi connectivity index (χ3n) is 3.54. The van der Waals surface area contributed by atoms with Gasteiger partial charge in [-0.1, -0.05) is 24.3 Å². The molecule has 2 nitrogen and oxygen atoms in total. The smallest absolute Gasteiger partial charge is 0.133 e. The minimum absolute atomic E-state index is 0.291. The third-order valence-corrected chi connectivity index (χ3v) is 3.54. The number of Topliss-reactive ketones (excluding diaryl/α,β-unsaturated/α-hetero) is 1. The Morgan fingerprint density at radius 1 is 1.25 bits per heavy atom. The topological polar surface area (TPSA) is 40.9 Å². The van der Waals surface area contributed by atoms with Crippen molar-refractivity contribution >= 4 is 5.78 Å². The van der Waals surface area contributed by atoms with Crippen LogP contribution in [0.4, 0.5) is 0 Å². The van der Waals surface area contributed by atoms with Crippen molar-refractivity contribution in [3.8, 4) is 6.07 Å². The first-order chi connectivity index (χ1) is 7.68. The quantitative estimate of drug-likeness (QED) is 0.719. The van der Waals surface area contributed by atoms with Crippen molar-refractivity contribution in [2.24, 2.45) is 0 Å². The summed E-state index contributed by atoms with van der Waals surface area (Å²) in [4.78, 5) is 11.3. The molecule has 0 aliphatic heterocycles. The molecule has 2 rings (SSSR count). The van der Waals surface area contributed by atoms with Gasteiger partial charge in [0.2, 0.25) is 0 Å². The molecule has 0 N–H and O–H groups in total. The maximum absolute atomic E-state index is 11.3. The highest BCUT2D eigenvalue weighted by Crippen LogP contribution is 2.39. The van der Waals surface area contributed by atoms with Gasteiger partial charge in [0.15, 0.2) is 0 Å². The molecular formula is C14H15NO. The minimum Gasteiger partial charge on any atom is -0.300 e. The van der Waals surface area contributed by atoms with Crippen molar-refractivity contribution in [3.05, 3.63) is 35.4 Å². The lowest BCUT2D eigenvalue weighted by Crippen LogP contribution is -2.31. The van der Waals surface area contributed by atoms with Gasteiger partial charge >= 0.3 is 0 Å². The predicted molar refractivity (Wildman–Crippen MR) is 61.9 cm³/mol. The van der Waals surface area contributed by atoms with Crippen LogP contribution >= 0.6 is 0 Å². The van der Waals surface area contributed by atoms with Crippen molar-refractivity contribution in [2.45, 2.75) is 38.0 Å². The lowest BCUT2D eigenvalue weighted by molar-refractivity contribution is -0.120. The Bertz CT molecular complexity index is 446. The van der Waals surface area contributed by atoms with E-state index in [-0.39, 0.29) is 0 Å². The molecule has 0 saturated heterocycles. The largest absolute Gasteiger partial charge is 0.300 e. The van der Waals surface area contributed by atoms with E-state index in [1.54, 1.807) is 0 Å². The number of carbonyl (C=O) groups excluding carboxylic acids is 1. The third kappa shape index (κ3) is 1.74. The zero-order valence-corrected chi connectivity index (χ0v) is 9.49. The van der Waals surface area contributed by atoms with Crippen molar-refractivity contribution < 1.29 is 4.79 Å². The van der Waals surface area contributed by atoms with Gasteiger partial charge in [-0.15, -0.1) is 0 Å². The normalized spacial score (nSPS) is 19.1. The van der Waals surface area contributed by atoms with Gasteiger partial charge in [0.1, 0.15) is 5.78 Å². The molecule has 1 aromatic carbocycles. The second-order valence-corrected chi connectivity index (χ2v) is 4.55. The van der Waals surface area contributed by atoms with Crippen LogP contribution in [0.15, 0.2) is 24.3 Å². The van der Waals surface area contributed by atoms with Gasteiger partial charge in [-0.05, 0) is 30.9 Å². The van der Waals surface area contributed by atoms with E-state index in [9.17, 15) is 10.1 Å². The van der Waals surface area contributed by atoms with Crippen LogP contribution in [0.2, 0.25) is 0 Å². The SMILES string of the molecule is Cc1ccccc1C1(C#N)CCC(=O)CC1. The van der Waals surface area contributed by atoms with Crippen LogP contribution in [0, 0.1) is 18.3 Å². The van der Waals surface area contributed by atoms with Crippen molar-refractivity contribution in [1.29, 1.82) is 5.26 Å². The molecule has 0 amide bonds. The number of nitriles is 1. The Balaban J connectivity index is 2.40. The number of rotatable bonds is 1. The van der Waals surface area contributed by atoms with Crippen molar-refractivity contribution in [2.75, 3.05) is 0 Å². The minimum atomic E-state index is -0.431. The standard InChI is InChI=1S/C14H15NO/c1-11-4-2-3-5-13(11)14(10-15)8-6-12(16)7-9-14/h2-5H,6-9H2,1H3. The molecule has 1 aliphatic rings. The molecule has 0 heterocycles. The Kier molecular flexibility index (Phi) is 2.78. The fourth-order valence-corrected chi connectivity index (χ4v) is 2.51. The van der Waals surface area contributed by atoms with Crippen molar-refractivity contribution in [1.82, 2.24) is 0 Å². The molecule has 0 unspecified atom stereocenters. The van der Waals surface area contributed by atoms with Crippen molar-refractivity contribution in [3.63, 3.8) is 0 Å². The number of ketones is 1. The summed E-state index contributed by atoms with van der Waals surface area (Å²) < 4.78 is 0. The Hall–Kier alpha value is -1.62. The van der Waals surface area contributed by atoms with Crippen LogP contribution < -0.4 is 0 Å². The van der Waals surface area contributed by atoms with E-state index in [0.717, 1.165) is 11.1 Å². The second-order valence-electron chi connectivity index (χ2n) is 4.55. The maximum atomic E-state index is 11.3. The summed E-state index contributed by atoms with van der Waals surface area (Å²) in [5, 5.41) is 9.44. The Labute approximate surface area is 95.9 Å². The van der Waals surface area contributed by atoms with E-state index in [4.69, 9.17) is 0 Å². The number of carbonyl (C=O) groups is 1. The monoisotopic (exact) mass is 213 g/mol. The zero-order chi connectivity index (χ0) is 11.6. The first kappa shape index (κ1) is 10.9. The fraction of sp³-hybridized carbons (Fsp3) is 0.429. The van der Waals surface area contributed by atoms with E-state index in [1.807, 2.05) is 31.2 Å². The van der Waals surface area contributed by atoms with Gasteiger partial charge in [-0.25, -0.2) is 0 Å². The van der Waals surface area contributed by atoms with Gasteiger partial charge in [-0.3, -0.25) is 4.79 Å². The maximum Gasteiger partial charge on any atom is 0.133 e. The molecule has 0 atom stereocenters. The summed E-state index contributed by atoms with van der Waals surface area (Å²) in [7, 11) is 0. The highest BCUT2D eigenvalue weighted by atomic mass is 16.1. The van der Waals surface area contributed by atoms with Crippen LogP contribution in [0.25, 0.3) is 0 Å². The van der Waals surface area contributed by atoms with Gasteiger partial charge in [-0.2, -0.15) is 5.26 Å². The molecule has 0 bridgehead atoms. The molecule has 1 aromatic rings. The van der Waals surface area contributed by atoms with E-state index >= 15 is 0 Å². The van der Waals surface area contributed by atoms with E-state index in [2.05, 4.69) is 6.07 Å². The average Bonchev–Trinajstić information content (AvgIpc) is 2.32. The molecule has 1 fully saturated rings. The molecule has 2 heteroatoms. The van der Waals surface area contributed by atoms with E-state index < -0.39 is 5.41 Å². The van der Waals surface area contributed by atoms with E-state index in [0.29, 0.717) is 31.5 Å². The summed E-state index contributed by atoms with van der Waals surface area (Å²) in [5.74, 6) is 0.291. The molecule has 16 heavy (non-hydrogen) atoms. The molecule has 0 spiro atoms. The predicted octanol–water partition coefficient (Wildman–Crippen LogP) is 2.90. The van der Waals surface area contributed by atoms with Gasteiger partial charge in [0, 0.05) is 12.8 Å². The molecule has 1 saturated carbocycles. The van der Waals surface area contributed by atoms with E-state index in [1.165, 1.54) is 0 Å². The van der Waals surface area contributed by atoms with Crippen LogP contribution in [-0.4, -0.2) is 5.78 Å². The lowest BCUT2D eigenvalue weighted by Gasteiger charge is -2.31. The molecule has 82 valence electrons. The highest BCUT2D eigenvalue weighted by Gasteiger charge is 2.37. The van der Waals surface area contributed by atoms with Crippen LogP contribution in [-0.2, 0) is 10.2 Å². The first-order valence-corrected chi connectivity index (χ1v) is 5.67. The van der Waals surface area contributed by atoms with Gasteiger partial charge in [0.05, 0.1) is 11.5 Å². The average molecular weight is 213 g/mol. The number of hydrogen-bond acceptors (Lipinski definition) is 2. The summed E-state index contributed by atoms with van der Waals surface area (Å²) in [5.41, 5.74) is 1.82. The molecule has 1 aliphatic carbocycles. The second kappa shape index (κ2) is 4.09. The lowest BCUT2D eigenvalue weighted by atomic mass is 9.69. The van der Waals surface area contributed by atoms with Gasteiger partial charge < -0.3 is 0 Å². The molecular weight excluding hydrogens is 198 g/mol.